The molecule has 2 atom stereocenters. The average Bonchev–Trinajstić information content (AvgIpc) is 2.52. The van der Waals surface area contributed by atoms with Crippen LogP contribution in [0.5, 0.6) is 0 Å². The van der Waals surface area contributed by atoms with Gasteiger partial charge in [-0.3, -0.25) is 9.59 Å². The fourth-order valence-electron chi connectivity index (χ4n) is 1.70. The van der Waals surface area contributed by atoms with Crippen molar-refractivity contribution in [1.82, 2.24) is 5.32 Å². The van der Waals surface area contributed by atoms with Gasteiger partial charge in [-0.1, -0.05) is 6.92 Å². The lowest BCUT2D eigenvalue weighted by Crippen LogP contribution is -2.33. The Balaban J connectivity index is 2.33. The summed E-state index contributed by atoms with van der Waals surface area (Å²) in [7, 11) is 0. The van der Waals surface area contributed by atoms with E-state index in [-0.39, 0.29) is 23.8 Å². The maximum atomic E-state index is 11.0. The van der Waals surface area contributed by atoms with Crippen molar-refractivity contribution in [3.63, 3.8) is 0 Å². The van der Waals surface area contributed by atoms with E-state index in [0.29, 0.717) is 12.8 Å². The maximum absolute atomic E-state index is 11.0. The Morgan fingerprint density at radius 2 is 2.15 bits per heavy atom. The van der Waals surface area contributed by atoms with Gasteiger partial charge in [0.15, 0.2) is 0 Å². The molecule has 2 unspecified atom stereocenters. The van der Waals surface area contributed by atoms with E-state index in [9.17, 15) is 9.59 Å². The summed E-state index contributed by atoms with van der Waals surface area (Å²) < 4.78 is 0. The van der Waals surface area contributed by atoms with Crippen LogP contribution in [0.3, 0.4) is 0 Å². The first-order valence-corrected chi connectivity index (χ1v) is 4.72. The second-order valence-electron chi connectivity index (χ2n) is 3.53. The van der Waals surface area contributed by atoms with Crippen molar-refractivity contribution < 1.29 is 9.59 Å². The Hall–Kier alpha value is -1.06. The predicted octanol–water partition coefficient (Wildman–Crippen LogP) is 0.167. The molecule has 0 bridgehead atoms. The molecule has 0 saturated heterocycles. The van der Waals surface area contributed by atoms with Gasteiger partial charge in [-0.25, -0.2) is 0 Å². The maximum Gasteiger partial charge on any atom is 0.220 e. The normalized spacial score (nSPS) is 27.2. The van der Waals surface area contributed by atoms with Crippen LogP contribution >= 0.6 is 0 Å². The highest BCUT2D eigenvalue weighted by molar-refractivity contribution is 5.78. The molecule has 0 heterocycles. The SMILES string of the molecule is CCC(=O)NC1CCC(C(N)=O)C1. The topological polar surface area (TPSA) is 72.2 Å². The van der Waals surface area contributed by atoms with Crippen LogP contribution in [0.25, 0.3) is 0 Å². The molecule has 4 heteroatoms. The zero-order valence-corrected chi connectivity index (χ0v) is 7.88. The van der Waals surface area contributed by atoms with Gasteiger partial charge in [0.05, 0.1) is 0 Å². The van der Waals surface area contributed by atoms with Gasteiger partial charge in [-0.2, -0.15) is 0 Å². The quantitative estimate of drug-likeness (QED) is 0.656. The fourth-order valence-corrected chi connectivity index (χ4v) is 1.70. The minimum absolute atomic E-state index is 0.0397. The van der Waals surface area contributed by atoms with Gasteiger partial charge in [0, 0.05) is 18.4 Å². The molecule has 13 heavy (non-hydrogen) atoms. The average molecular weight is 184 g/mol. The number of nitrogens with two attached hydrogens (primary N) is 1. The van der Waals surface area contributed by atoms with Crippen molar-refractivity contribution in [3.8, 4) is 0 Å². The Morgan fingerprint density at radius 1 is 1.46 bits per heavy atom. The number of carbonyl (C=O) groups excluding carboxylic acids is 2. The molecule has 1 aliphatic carbocycles. The molecule has 0 spiro atoms. The zero-order chi connectivity index (χ0) is 9.84. The first kappa shape index (κ1) is 10.0. The third kappa shape index (κ3) is 2.72. The summed E-state index contributed by atoms with van der Waals surface area (Å²) in [5.74, 6) is -0.231. The standard InChI is InChI=1S/C9H16N2O2/c1-2-8(12)11-7-4-3-6(5-7)9(10)13/h6-7H,2-5H2,1H3,(H2,10,13)(H,11,12). The molecular formula is C9H16N2O2. The monoisotopic (exact) mass is 184 g/mol. The molecule has 3 N–H and O–H groups in total. The van der Waals surface area contributed by atoms with Crippen LogP contribution in [0.1, 0.15) is 32.6 Å². The molecule has 1 aliphatic rings. The van der Waals surface area contributed by atoms with Crippen molar-refractivity contribution in [3.05, 3.63) is 0 Å². The van der Waals surface area contributed by atoms with E-state index in [4.69, 9.17) is 5.73 Å². The first-order chi connectivity index (χ1) is 6.13. The third-order valence-corrected chi connectivity index (χ3v) is 2.52. The van der Waals surface area contributed by atoms with Gasteiger partial charge in [-0.05, 0) is 19.3 Å². The molecule has 1 rings (SSSR count). The van der Waals surface area contributed by atoms with E-state index in [2.05, 4.69) is 5.32 Å². The number of rotatable bonds is 3. The van der Waals surface area contributed by atoms with Crippen LogP contribution in [0.2, 0.25) is 0 Å². The minimum atomic E-state index is -0.242. The number of amides is 2. The zero-order valence-electron chi connectivity index (χ0n) is 7.88. The summed E-state index contributed by atoms with van der Waals surface area (Å²) in [5, 5.41) is 2.87. The number of nitrogens with one attached hydrogen (secondary N) is 1. The van der Waals surface area contributed by atoms with Gasteiger partial charge in [0.2, 0.25) is 11.8 Å². The van der Waals surface area contributed by atoms with Crippen molar-refractivity contribution in [2.24, 2.45) is 11.7 Å². The molecule has 0 aliphatic heterocycles. The summed E-state index contributed by atoms with van der Waals surface area (Å²) in [6.45, 7) is 1.82. The highest BCUT2D eigenvalue weighted by atomic mass is 16.2. The lowest BCUT2D eigenvalue weighted by Gasteiger charge is -2.11. The predicted molar refractivity (Wildman–Crippen MR) is 48.8 cm³/mol. The molecule has 1 fully saturated rings. The number of carbonyl (C=O) groups is 2. The number of hydrogen-bond donors (Lipinski definition) is 2. The van der Waals surface area contributed by atoms with Crippen molar-refractivity contribution in [1.29, 1.82) is 0 Å². The Morgan fingerprint density at radius 3 is 2.62 bits per heavy atom. The fraction of sp³-hybridized carbons (Fsp3) is 0.778. The van der Waals surface area contributed by atoms with E-state index >= 15 is 0 Å². The highest BCUT2D eigenvalue weighted by Gasteiger charge is 2.28. The van der Waals surface area contributed by atoms with Crippen LogP contribution in [0, 0.1) is 5.92 Å². The van der Waals surface area contributed by atoms with Crippen LogP contribution in [-0.2, 0) is 9.59 Å². The molecule has 0 aromatic rings. The van der Waals surface area contributed by atoms with Crippen LogP contribution in [-0.4, -0.2) is 17.9 Å². The molecular weight excluding hydrogens is 168 g/mol. The number of hydrogen-bond acceptors (Lipinski definition) is 2. The van der Waals surface area contributed by atoms with Crippen molar-refractivity contribution in [2.75, 3.05) is 0 Å². The molecule has 1 saturated carbocycles. The van der Waals surface area contributed by atoms with Crippen LogP contribution in [0.4, 0.5) is 0 Å². The highest BCUT2D eigenvalue weighted by Crippen LogP contribution is 2.24. The second kappa shape index (κ2) is 4.25. The minimum Gasteiger partial charge on any atom is -0.369 e. The molecule has 0 radical (unpaired) electrons. The van der Waals surface area contributed by atoms with E-state index in [1.807, 2.05) is 6.92 Å². The lowest BCUT2D eigenvalue weighted by atomic mass is 10.1. The van der Waals surface area contributed by atoms with E-state index in [1.54, 1.807) is 0 Å². The van der Waals surface area contributed by atoms with E-state index < -0.39 is 0 Å². The molecule has 74 valence electrons. The molecule has 0 aromatic carbocycles. The van der Waals surface area contributed by atoms with Gasteiger partial charge >= 0.3 is 0 Å². The third-order valence-electron chi connectivity index (χ3n) is 2.52. The molecule has 4 nitrogen and oxygen atoms in total. The van der Waals surface area contributed by atoms with Gasteiger partial charge in [0.1, 0.15) is 0 Å². The Labute approximate surface area is 77.9 Å². The summed E-state index contributed by atoms with van der Waals surface area (Å²) >= 11 is 0. The second-order valence-corrected chi connectivity index (χ2v) is 3.53. The van der Waals surface area contributed by atoms with Crippen molar-refractivity contribution >= 4 is 11.8 Å². The van der Waals surface area contributed by atoms with E-state index in [1.165, 1.54) is 0 Å². The number of primary amides is 1. The summed E-state index contributed by atoms with van der Waals surface area (Å²) in [4.78, 5) is 21.8. The van der Waals surface area contributed by atoms with Crippen molar-refractivity contribution in [2.45, 2.75) is 38.6 Å². The largest absolute Gasteiger partial charge is 0.369 e. The Kier molecular flexibility index (Phi) is 3.28. The molecule has 0 aromatic heterocycles. The Bertz CT molecular complexity index is 216. The van der Waals surface area contributed by atoms with Gasteiger partial charge < -0.3 is 11.1 Å². The smallest absolute Gasteiger partial charge is 0.220 e. The van der Waals surface area contributed by atoms with Crippen LogP contribution < -0.4 is 11.1 Å². The summed E-state index contributed by atoms with van der Waals surface area (Å²) in [6, 6.07) is 0.157. The van der Waals surface area contributed by atoms with Crippen LogP contribution in [0.15, 0.2) is 0 Å². The first-order valence-electron chi connectivity index (χ1n) is 4.72. The van der Waals surface area contributed by atoms with E-state index in [0.717, 1.165) is 12.8 Å². The van der Waals surface area contributed by atoms with Gasteiger partial charge in [-0.15, -0.1) is 0 Å². The lowest BCUT2D eigenvalue weighted by molar-refractivity contribution is -0.123. The summed E-state index contributed by atoms with van der Waals surface area (Å²) in [6.07, 6.45) is 2.89. The summed E-state index contributed by atoms with van der Waals surface area (Å²) in [5.41, 5.74) is 5.17. The van der Waals surface area contributed by atoms with Gasteiger partial charge in [0.25, 0.3) is 0 Å². The molecule has 2 amide bonds.